The van der Waals surface area contributed by atoms with Crippen LogP contribution in [0.3, 0.4) is 0 Å². The van der Waals surface area contributed by atoms with Gasteiger partial charge in [-0.05, 0) is 113 Å². The summed E-state index contributed by atoms with van der Waals surface area (Å²) in [5, 5.41) is 13.3. The number of aryl methyl sites for hydroxylation is 1. The Morgan fingerprint density at radius 1 is 0.320 bits per heavy atom. The molecule has 350 valence electrons. The molecule has 5 nitrogen and oxygen atoms in total. The van der Waals surface area contributed by atoms with E-state index in [4.69, 9.17) is 15.0 Å². The Morgan fingerprint density at radius 2 is 0.827 bits per heavy atom. The average molecular weight is 956 g/mol. The van der Waals surface area contributed by atoms with Gasteiger partial charge < -0.3 is 4.57 Å². The molecule has 0 unspecified atom stereocenters. The molecule has 0 atom stereocenters. The highest BCUT2D eigenvalue weighted by atomic mass is 15.2. The maximum atomic E-state index is 5.40. The van der Waals surface area contributed by atoms with Crippen molar-refractivity contribution >= 4 is 75.8 Å². The second kappa shape index (κ2) is 17.1. The molecule has 0 spiro atoms. The van der Waals surface area contributed by atoms with Crippen LogP contribution in [0, 0.1) is 6.92 Å². The molecular weight excluding hydrogens is 911 g/mol. The van der Waals surface area contributed by atoms with Crippen molar-refractivity contribution in [1.82, 2.24) is 24.1 Å². The van der Waals surface area contributed by atoms with Gasteiger partial charge in [0.25, 0.3) is 0 Å². The second-order valence-corrected chi connectivity index (χ2v) is 19.6. The van der Waals surface area contributed by atoms with Crippen molar-refractivity contribution in [3.63, 3.8) is 0 Å². The van der Waals surface area contributed by atoms with E-state index in [9.17, 15) is 0 Å². The van der Waals surface area contributed by atoms with E-state index in [1.54, 1.807) is 0 Å². The molecule has 0 aliphatic carbocycles. The number of hydrogen-bond acceptors (Lipinski definition) is 3. The van der Waals surface area contributed by atoms with Crippen LogP contribution in [0.15, 0.2) is 255 Å². The van der Waals surface area contributed by atoms with Crippen LogP contribution in [-0.4, -0.2) is 24.1 Å². The van der Waals surface area contributed by atoms with Crippen LogP contribution in [0.25, 0.3) is 144 Å². The molecule has 0 aliphatic rings. The van der Waals surface area contributed by atoms with Crippen molar-refractivity contribution in [3.8, 4) is 67.8 Å². The predicted octanol–water partition coefficient (Wildman–Crippen LogP) is 18.2. The van der Waals surface area contributed by atoms with Crippen LogP contribution in [0.1, 0.15) is 5.56 Å². The van der Waals surface area contributed by atoms with E-state index in [1.165, 1.54) is 81.9 Å². The summed E-state index contributed by atoms with van der Waals surface area (Å²) in [5.74, 6) is 1.78. The van der Waals surface area contributed by atoms with E-state index in [2.05, 4.69) is 253 Å². The lowest BCUT2D eigenvalue weighted by atomic mass is 9.85. The maximum Gasteiger partial charge on any atom is 0.238 e. The first-order valence-corrected chi connectivity index (χ1v) is 25.6. The van der Waals surface area contributed by atoms with Gasteiger partial charge in [0, 0.05) is 39.2 Å². The molecule has 0 saturated carbocycles. The van der Waals surface area contributed by atoms with Gasteiger partial charge in [-0.3, -0.25) is 4.57 Å². The minimum atomic E-state index is 0.563. The number of rotatable bonds is 7. The van der Waals surface area contributed by atoms with E-state index in [-0.39, 0.29) is 0 Å². The highest BCUT2D eigenvalue weighted by Crippen LogP contribution is 2.45. The van der Waals surface area contributed by atoms with E-state index in [0.717, 1.165) is 49.7 Å². The molecule has 15 aromatic rings. The van der Waals surface area contributed by atoms with Gasteiger partial charge in [-0.1, -0.05) is 224 Å². The number of hydrogen-bond donors (Lipinski definition) is 0. The Kier molecular flexibility index (Phi) is 9.72. The summed E-state index contributed by atoms with van der Waals surface area (Å²) in [7, 11) is 0. The van der Waals surface area contributed by atoms with Gasteiger partial charge in [0.1, 0.15) is 0 Å². The minimum Gasteiger partial charge on any atom is -0.314 e. The average Bonchev–Trinajstić information content (AvgIpc) is 4.12. The number of benzene rings is 12. The standard InChI is InChI=1S/C70H45N5/c1-44-43-74(51-22-9-4-10-23-51)66-52(44)40-41-61-56-24-15-16-31-63(56)75(67(61)66)70-72-68(48-20-7-3-8-21-48)71-69(73-70)49-35-32-45(33-36-49)53-29-17-30-54-55(53)39-38-46-34-37-50(42-62(46)54)65-59-27-13-11-25-57(59)64(47-18-5-2-6-19-47)58-26-12-14-28-60(58)65/h2-43H,1H3. The van der Waals surface area contributed by atoms with Crippen LogP contribution in [0.4, 0.5) is 0 Å². The number of para-hydroxylation sites is 2. The topological polar surface area (TPSA) is 48.5 Å². The molecule has 0 amide bonds. The van der Waals surface area contributed by atoms with Crippen LogP contribution in [0.2, 0.25) is 0 Å². The first-order chi connectivity index (χ1) is 37.1. The zero-order chi connectivity index (χ0) is 49.6. The molecule has 0 N–H and O–H groups in total. The first-order valence-electron chi connectivity index (χ1n) is 25.6. The molecule has 0 fully saturated rings. The molecule has 3 heterocycles. The van der Waals surface area contributed by atoms with E-state index < -0.39 is 0 Å². The Labute approximate surface area is 432 Å². The smallest absolute Gasteiger partial charge is 0.238 e. The minimum absolute atomic E-state index is 0.563. The number of aromatic nitrogens is 5. The molecule has 0 bridgehead atoms. The van der Waals surface area contributed by atoms with Gasteiger partial charge >= 0.3 is 0 Å². The fraction of sp³-hybridized carbons (Fsp3) is 0.0143. The van der Waals surface area contributed by atoms with Crippen LogP contribution in [-0.2, 0) is 0 Å². The summed E-state index contributed by atoms with van der Waals surface area (Å²) in [6.45, 7) is 2.19. The zero-order valence-electron chi connectivity index (χ0n) is 41.0. The maximum absolute atomic E-state index is 5.40. The Bertz CT molecular complexity index is 4690. The number of nitrogens with zero attached hydrogens (tertiary/aromatic N) is 5. The van der Waals surface area contributed by atoms with Gasteiger partial charge in [0.15, 0.2) is 11.6 Å². The van der Waals surface area contributed by atoms with E-state index in [0.29, 0.717) is 17.6 Å². The Hall–Kier alpha value is -9.97. The fourth-order valence-electron chi connectivity index (χ4n) is 11.9. The van der Waals surface area contributed by atoms with Crippen LogP contribution >= 0.6 is 0 Å². The van der Waals surface area contributed by atoms with Crippen molar-refractivity contribution < 1.29 is 0 Å². The summed E-state index contributed by atoms with van der Waals surface area (Å²) >= 11 is 0. The Morgan fingerprint density at radius 3 is 1.51 bits per heavy atom. The molecule has 3 aromatic heterocycles. The fourth-order valence-corrected chi connectivity index (χ4v) is 11.9. The van der Waals surface area contributed by atoms with Crippen LogP contribution < -0.4 is 0 Å². The van der Waals surface area contributed by atoms with Crippen molar-refractivity contribution in [2.24, 2.45) is 0 Å². The number of fused-ring (bicyclic) bond motifs is 10. The van der Waals surface area contributed by atoms with Gasteiger partial charge in [-0.15, -0.1) is 0 Å². The van der Waals surface area contributed by atoms with Crippen molar-refractivity contribution in [2.75, 3.05) is 0 Å². The molecule has 0 saturated heterocycles. The summed E-state index contributed by atoms with van der Waals surface area (Å²) in [4.78, 5) is 15.9. The molecule has 0 aliphatic heterocycles. The summed E-state index contributed by atoms with van der Waals surface area (Å²) < 4.78 is 4.55. The third-order valence-electron chi connectivity index (χ3n) is 15.3. The zero-order valence-corrected chi connectivity index (χ0v) is 41.0. The lowest BCUT2D eigenvalue weighted by Crippen LogP contribution is -2.07. The van der Waals surface area contributed by atoms with Crippen LogP contribution in [0.5, 0.6) is 0 Å². The second-order valence-electron chi connectivity index (χ2n) is 19.6. The largest absolute Gasteiger partial charge is 0.314 e. The summed E-state index contributed by atoms with van der Waals surface area (Å²) in [6.07, 6.45) is 2.24. The SMILES string of the molecule is Cc1cn(-c2ccccc2)c2c1ccc1c3ccccc3n(-c3nc(-c4ccccc4)nc(-c4ccc(-c5cccc6c5ccc5ccc(-c7c8ccccc8c(-c8ccccc8)c8ccccc78)cc56)cc4)n3)c12. The monoisotopic (exact) mass is 955 g/mol. The van der Waals surface area contributed by atoms with E-state index >= 15 is 0 Å². The van der Waals surface area contributed by atoms with Crippen molar-refractivity contribution in [3.05, 3.63) is 260 Å². The molecule has 0 radical (unpaired) electrons. The van der Waals surface area contributed by atoms with Gasteiger partial charge in [0.2, 0.25) is 5.95 Å². The van der Waals surface area contributed by atoms with E-state index in [1.807, 2.05) is 18.2 Å². The van der Waals surface area contributed by atoms with Crippen molar-refractivity contribution in [1.29, 1.82) is 0 Å². The molecule has 75 heavy (non-hydrogen) atoms. The quantitative estimate of drug-likeness (QED) is 0.118. The highest BCUT2D eigenvalue weighted by molar-refractivity contribution is 6.23. The lowest BCUT2D eigenvalue weighted by molar-refractivity contribution is 0.953. The Balaban J connectivity index is 0.874. The van der Waals surface area contributed by atoms with Gasteiger partial charge in [0.05, 0.1) is 16.6 Å². The van der Waals surface area contributed by atoms with Crippen molar-refractivity contribution in [2.45, 2.75) is 6.92 Å². The lowest BCUT2D eigenvalue weighted by Gasteiger charge is -2.18. The molecular formula is C70H45N5. The third kappa shape index (κ3) is 6.82. The predicted molar refractivity (Wildman–Crippen MR) is 313 cm³/mol. The molecule has 15 rings (SSSR count). The highest BCUT2D eigenvalue weighted by Gasteiger charge is 2.23. The van der Waals surface area contributed by atoms with Gasteiger partial charge in [-0.2, -0.15) is 9.97 Å². The first kappa shape index (κ1) is 42.7. The summed E-state index contributed by atoms with van der Waals surface area (Å²) in [6, 6.07) is 89.5. The third-order valence-corrected chi connectivity index (χ3v) is 15.3. The molecule has 5 heteroatoms. The molecule has 12 aromatic carbocycles. The normalized spacial score (nSPS) is 11.8. The van der Waals surface area contributed by atoms with Gasteiger partial charge in [-0.25, -0.2) is 4.98 Å². The summed E-state index contributed by atoms with van der Waals surface area (Å²) in [5.41, 5.74) is 14.6.